The largest absolute Gasteiger partial charge is 0.491 e. The minimum atomic E-state index is -0.519. The van der Waals surface area contributed by atoms with E-state index in [0.717, 1.165) is 25.1 Å². The Morgan fingerprint density at radius 2 is 1.64 bits per heavy atom. The summed E-state index contributed by atoms with van der Waals surface area (Å²) in [5, 5.41) is 13.2. The predicted octanol–water partition coefficient (Wildman–Crippen LogP) is 2.87. The Kier molecular flexibility index (Phi) is 10.9. The molecule has 0 spiro atoms. The highest BCUT2D eigenvalue weighted by Crippen LogP contribution is 2.13. The van der Waals surface area contributed by atoms with Gasteiger partial charge in [-0.15, -0.1) is 12.4 Å². The Balaban J connectivity index is 0.00000312. The van der Waals surface area contributed by atoms with Crippen molar-refractivity contribution in [3.63, 3.8) is 0 Å². The first-order valence-corrected chi connectivity index (χ1v) is 8.41. The van der Waals surface area contributed by atoms with Crippen molar-refractivity contribution < 1.29 is 14.6 Å². The van der Waals surface area contributed by atoms with Crippen molar-refractivity contribution >= 4 is 12.4 Å². The number of aliphatic hydroxyl groups excluding tert-OH is 1. The summed E-state index contributed by atoms with van der Waals surface area (Å²) in [7, 11) is 1.70. The van der Waals surface area contributed by atoms with Gasteiger partial charge >= 0.3 is 0 Å². The van der Waals surface area contributed by atoms with Crippen molar-refractivity contribution in [3.05, 3.63) is 65.7 Å². The number of rotatable bonds is 11. The van der Waals surface area contributed by atoms with Crippen LogP contribution in [-0.2, 0) is 17.6 Å². The van der Waals surface area contributed by atoms with E-state index in [1.54, 1.807) is 7.11 Å². The van der Waals surface area contributed by atoms with E-state index in [9.17, 15) is 5.11 Å². The van der Waals surface area contributed by atoms with E-state index in [2.05, 4.69) is 17.4 Å². The second-order valence-corrected chi connectivity index (χ2v) is 5.79. The van der Waals surface area contributed by atoms with Gasteiger partial charge in [0.25, 0.3) is 0 Å². The summed E-state index contributed by atoms with van der Waals surface area (Å²) in [6, 6.07) is 18.2. The third kappa shape index (κ3) is 8.89. The molecule has 0 fully saturated rings. The van der Waals surface area contributed by atoms with Crippen LogP contribution in [0.25, 0.3) is 0 Å². The van der Waals surface area contributed by atoms with Gasteiger partial charge in [0.05, 0.1) is 6.61 Å². The molecule has 25 heavy (non-hydrogen) atoms. The van der Waals surface area contributed by atoms with Gasteiger partial charge in [0.1, 0.15) is 18.5 Å². The van der Waals surface area contributed by atoms with Crippen LogP contribution in [-0.4, -0.2) is 44.6 Å². The number of benzene rings is 2. The number of halogens is 1. The quantitative estimate of drug-likeness (QED) is 0.601. The third-order valence-electron chi connectivity index (χ3n) is 3.77. The van der Waals surface area contributed by atoms with Crippen LogP contribution < -0.4 is 10.1 Å². The number of hydrogen-bond donors (Lipinski definition) is 2. The second-order valence-electron chi connectivity index (χ2n) is 5.79. The SMILES string of the molecule is COCCc1ccc(OCC(O)CNCCc2ccccc2)cc1.Cl. The van der Waals surface area contributed by atoms with Crippen molar-refractivity contribution in [1.29, 1.82) is 0 Å². The fraction of sp³-hybridized carbons (Fsp3) is 0.400. The van der Waals surface area contributed by atoms with Crippen LogP contribution in [0.15, 0.2) is 54.6 Å². The first-order valence-electron chi connectivity index (χ1n) is 8.41. The van der Waals surface area contributed by atoms with E-state index in [1.807, 2.05) is 42.5 Å². The Morgan fingerprint density at radius 1 is 0.960 bits per heavy atom. The lowest BCUT2D eigenvalue weighted by atomic mass is 10.1. The van der Waals surface area contributed by atoms with Crippen LogP contribution in [0.4, 0.5) is 0 Å². The molecule has 0 bridgehead atoms. The molecule has 2 N–H and O–H groups in total. The smallest absolute Gasteiger partial charge is 0.119 e. The molecule has 4 nitrogen and oxygen atoms in total. The van der Waals surface area contributed by atoms with Gasteiger partial charge in [-0.2, -0.15) is 0 Å². The van der Waals surface area contributed by atoms with Crippen LogP contribution >= 0.6 is 12.4 Å². The van der Waals surface area contributed by atoms with Crippen LogP contribution in [0.5, 0.6) is 5.75 Å². The molecule has 0 aliphatic heterocycles. The number of hydrogen-bond acceptors (Lipinski definition) is 4. The van der Waals surface area contributed by atoms with Crippen LogP contribution in [0, 0.1) is 0 Å². The topological polar surface area (TPSA) is 50.7 Å². The van der Waals surface area contributed by atoms with Crippen LogP contribution in [0.1, 0.15) is 11.1 Å². The van der Waals surface area contributed by atoms with E-state index in [-0.39, 0.29) is 19.0 Å². The zero-order valence-corrected chi connectivity index (χ0v) is 15.5. The number of methoxy groups -OCH3 is 1. The Labute approximate surface area is 156 Å². The first-order chi connectivity index (χ1) is 11.8. The second kappa shape index (κ2) is 12.7. The molecule has 0 saturated heterocycles. The van der Waals surface area contributed by atoms with E-state index < -0.39 is 6.10 Å². The summed E-state index contributed by atoms with van der Waals surface area (Å²) in [4.78, 5) is 0. The maximum absolute atomic E-state index is 9.97. The molecule has 2 aromatic rings. The Morgan fingerprint density at radius 3 is 2.32 bits per heavy atom. The van der Waals surface area contributed by atoms with Gasteiger partial charge in [-0.25, -0.2) is 0 Å². The minimum Gasteiger partial charge on any atom is -0.491 e. The molecule has 0 amide bonds. The minimum absolute atomic E-state index is 0. The highest BCUT2D eigenvalue weighted by atomic mass is 35.5. The van der Waals surface area contributed by atoms with Crippen molar-refractivity contribution in [2.45, 2.75) is 18.9 Å². The third-order valence-corrected chi connectivity index (χ3v) is 3.77. The summed E-state index contributed by atoms with van der Waals surface area (Å²) in [5.74, 6) is 0.777. The summed E-state index contributed by atoms with van der Waals surface area (Å²) in [5.41, 5.74) is 2.51. The van der Waals surface area contributed by atoms with Crippen molar-refractivity contribution in [2.24, 2.45) is 0 Å². The lowest BCUT2D eigenvalue weighted by Crippen LogP contribution is -2.32. The number of aliphatic hydroxyl groups is 1. The Hall–Kier alpha value is -1.59. The molecular weight excluding hydrogens is 338 g/mol. The standard InChI is InChI=1S/C20H27NO3.ClH/c1-23-14-12-18-7-9-20(10-8-18)24-16-19(22)15-21-13-11-17-5-3-2-4-6-17;/h2-10,19,21-22H,11-16H2,1H3;1H. The zero-order chi connectivity index (χ0) is 17.0. The van der Waals surface area contributed by atoms with Crippen LogP contribution in [0.2, 0.25) is 0 Å². The summed E-state index contributed by atoms with van der Waals surface area (Å²) in [6.07, 6.45) is 1.33. The molecular formula is C20H28ClNO3. The average molecular weight is 366 g/mol. The van der Waals surface area contributed by atoms with E-state index in [1.165, 1.54) is 11.1 Å². The molecule has 0 saturated carbocycles. The Bertz CT molecular complexity index is 563. The number of nitrogens with one attached hydrogen (secondary N) is 1. The van der Waals surface area contributed by atoms with Gasteiger partial charge in [-0.1, -0.05) is 42.5 Å². The first kappa shape index (κ1) is 21.5. The highest BCUT2D eigenvalue weighted by Gasteiger charge is 2.05. The summed E-state index contributed by atoms with van der Waals surface area (Å²) < 4.78 is 10.7. The molecule has 138 valence electrons. The van der Waals surface area contributed by atoms with Crippen molar-refractivity contribution in [1.82, 2.24) is 5.32 Å². The van der Waals surface area contributed by atoms with Gasteiger partial charge < -0.3 is 19.9 Å². The van der Waals surface area contributed by atoms with Gasteiger partial charge in [-0.3, -0.25) is 0 Å². The molecule has 5 heteroatoms. The predicted molar refractivity (Wildman–Crippen MR) is 104 cm³/mol. The fourth-order valence-corrected chi connectivity index (χ4v) is 2.37. The maximum atomic E-state index is 9.97. The maximum Gasteiger partial charge on any atom is 0.119 e. The number of ether oxygens (including phenoxy) is 2. The van der Waals surface area contributed by atoms with Gasteiger partial charge in [0, 0.05) is 13.7 Å². The van der Waals surface area contributed by atoms with E-state index in [4.69, 9.17) is 9.47 Å². The fourth-order valence-electron chi connectivity index (χ4n) is 2.37. The van der Waals surface area contributed by atoms with Gasteiger partial charge in [-0.05, 0) is 42.6 Å². The van der Waals surface area contributed by atoms with Gasteiger partial charge in [0.2, 0.25) is 0 Å². The molecule has 1 unspecified atom stereocenters. The molecule has 0 aliphatic rings. The lowest BCUT2D eigenvalue weighted by Gasteiger charge is -2.13. The average Bonchev–Trinajstić information content (AvgIpc) is 2.63. The molecule has 2 rings (SSSR count). The molecule has 1 atom stereocenters. The highest BCUT2D eigenvalue weighted by molar-refractivity contribution is 5.85. The van der Waals surface area contributed by atoms with Crippen LogP contribution in [0.3, 0.4) is 0 Å². The summed E-state index contributed by atoms with van der Waals surface area (Å²) >= 11 is 0. The molecule has 0 aromatic heterocycles. The zero-order valence-electron chi connectivity index (χ0n) is 14.7. The molecule has 0 aliphatic carbocycles. The molecule has 0 heterocycles. The van der Waals surface area contributed by atoms with Gasteiger partial charge in [0.15, 0.2) is 0 Å². The summed E-state index contributed by atoms with van der Waals surface area (Å²) in [6.45, 7) is 2.37. The monoisotopic (exact) mass is 365 g/mol. The van der Waals surface area contributed by atoms with E-state index in [0.29, 0.717) is 13.2 Å². The molecule has 0 radical (unpaired) electrons. The molecule has 2 aromatic carbocycles. The van der Waals surface area contributed by atoms with E-state index >= 15 is 0 Å². The lowest BCUT2D eigenvalue weighted by molar-refractivity contribution is 0.106. The normalized spacial score (nSPS) is 11.6. The van der Waals surface area contributed by atoms with Crippen molar-refractivity contribution in [3.8, 4) is 5.75 Å². The van der Waals surface area contributed by atoms with Crippen molar-refractivity contribution in [2.75, 3.05) is 33.4 Å².